The Morgan fingerprint density at radius 1 is 1.05 bits per heavy atom. The highest BCUT2D eigenvalue weighted by Gasteiger charge is 2.16. The summed E-state index contributed by atoms with van der Waals surface area (Å²) in [6.07, 6.45) is 2.13. The van der Waals surface area contributed by atoms with Crippen molar-refractivity contribution in [3.05, 3.63) is 68.1 Å². The molecule has 0 saturated heterocycles. The second-order valence-electron chi connectivity index (χ2n) is 5.32. The molecular formula is C18H21Br2N. The van der Waals surface area contributed by atoms with Crippen molar-refractivity contribution in [3.63, 3.8) is 0 Å². The SMILES string of the molecule is CCCNC(Cc1ccccc1)c1cc(Br)c(C)cc1Br. The number of benzene rings is 2. The summed E-state index contributed by atoms with van der Waals surface area (Å²) in [4.78, 5) is 0. The number of aryl methyl sites for hydroxylation is 1. The maximum atomic E-state index is 3.73. The summed E-state index contributed by atoms with van der Waals surface area (Å²) in [5.74, 6) is 0. The molecule has 1 N–H and O–H groups in total. The van der Waals surface area contributed by atoms with E-state index >= 15 is 0 Å². The van der Waals surface area contributed by atoms with E-state index in [4.69, 9.17) is 0 Å². The van der Waals surface area contributed by atoms with Crippen molar-refractivity contribution in [1.29, 1.82) is 0 Å². The Kier molecular flexibility index (Phi) is 6.46. The summed E-state index contributed by atoms with van der Waals surface area (Å²) in [5, 5.41) is 3.67. The van der Waals surface area contributed by atoms with Gasteiger partial charge in [0.15, 0.2) is 0 Å². The molecule has 0 aliphatic heterocycles. The molecule has 2 rings (SSSR count). The minimum atomic E-state index is 0.318. The van der Waals surface area contributed by atoms with E-state index in [0.29, 0.717) is 6.04 Å². The highest BCUT2D eigenvalue weighted by molar-refractivity contribution is 9.11. The first-order chi connectivity index (χ1) is 10.1. The van der Waals surface area contributed by atoms with Gasteiger partial charge in [-0.25, -0.2) is 0 Å². The van der Waals surface area contributed by atoms with Gasteiger partial charge in [0, 0.05) is 15.0 Å². The average molecular weight is 411 g/mol. The highest BCUT2D eigenvalue weighted by atomic mass is 79.9. The van der Waals surface area contributed by atoms with Crippen LogP contribution >= 0.6 is 31.9 Å². The first-order valence-corrected chi connectivity index (χ1v) is 8.93. The van der Waals surface area contributed by atoms with Gasteiger partial charge in [-0.05, 0) is 55.1 Å². The third-order valence-corrected chi connectivity index (χ3v) is 5.12. The molecule has 1 unspecified atom stereocenters. The van der Waals surface area contributed by atoms with Gasteiger partial charge in [0.25, 0.3) is 0 Å². The van der Waals surface area contributed by atoms with Gasteiger partial charge in [-0.1, -0.05) is 69.1 Å². The zero-order chi connectivity index (χ0) is 15.2. The van der Waals surface area contributed by atoms with E-state index in [1.165, 1.54) is 21.2 Å². The lowest BCUT2D eigenvalue weighted by atomic mass is 9.98. The predicted molar refractivity (Wildman–Crippen MR) is 97.8 cm³/mol. The average Bonchev–Trinajstić information content (AvgIpc) is 2.48. The van der Waals surface area contributed by atoms with Crippen LogP contribution in [0.3, 0.4) is 0 Å². The maximum Gasteiger partial charge on any atom is 0.0372 e. The number of rotatable bonds is 6. The zero-order valence-corrected chi connectivity index (χ0v) is 15.7. The van der Waals surface area contributed by atoms with Gasteiger partial charge >= 0.3 is 0 Å². The normalized spacial score (nSPS) is 12.4. The molecule has 0 saturated carbocycles. The molecule has 0 aliphatic rings. The molecule has 3 heteroatoms. The second kappa shape index (κ2) is 8.11. The van der Waals surface area contributed by atoms with Crippen LogP contribution in [0.1, 0.15) is 36.1 Å². The highest BCUT2D eigenvalue weighted by Crippen LogP contribution is 2.31. The summed E-state index contributed by atoms with van der Waals surface area (Å²) in [6.45, 7) is 5.34. The Hall–Kier alpha value is -0.640. The summed E-state index contributed by atoms with van der Waals surface area (Å²) < 4.78 is 2.34. The summed E-state index contributed by atoms with van der Waals surface area (Å²) in [6, 6.07) is 15.4. The number of halogens is 2. The Labute approximate surface area is 144 Å². The molecule has 0 spiro atoms. The molecule has 112 valence electrons. The van der Waals surface area contributed by atoms with Gasteiger partial charge in [0.2, 0.25) is 0 Å². The van der Waals surface area contributed by atoms with Gasteiger partial charge in [0.1, 0.15) is 0 Å². The molecule has 1 atom stereocenters. The predicted octanol–water partition coefficient (Wildman–Crippen LogP) is 5.80. The van der Waals surface area contributed by atoms with Crippen molar-refractivity contribution in [2.24, 2.45) is 0 Å². The van der Waals surface area contributed by atoms with Crippen LogP contribution in [0.2, 0.25) is 0 Å². The Balaban J connectivity index is 2.29. The molecule has 0 aliphatic carbocycles. The van der Waals surface area contributed by atoms with E-state index in [0.717, 1.165) is 23.9 Å². The van der Waals surface area contributed by atoms with E-state index in [-0.39, 0.29) is 0 Å². The molecular weight excluding hydrogens is 390 g/mol. The third kappa shape index (κ3) is 4.67. The first kappa shape index (κ1) is 16.7. The quantitative estimate of drug-likeness (QED) is 0.634. The summed E-state index contributed by atoms with van der Waals surface area (Å²) in [5.41, 5.74) is 3.92. The van der Waals surface area contributed by atoms with Crippen molar-refractivity contribution in [1.82, 2.24) is 5.32 Å². The van der Waals surface area contributed by atoms with Crippen molar-refractivity contribution in [3.8, 4) is 0 Å². The van der Waals surface area contributed by atoms with E-state index in [1.807, 2.05) is 0 Å². The second-order valence-corrected chi connectivity index (χ2v) is 7.03. The molecule has 0 amide bonds. The molecule has 1 nitrogen and oxygen atoms in total. The lowest BCUT2D eigenvalue weighted by molar-refractivity contribution is 0.527. The number of hydrogen-bond donors (Lipinski definition) is 1. The fraction of sp³-hybridized carbons (Fsp3) is 0.333. The van der Waals surface area contributed by atoms with Crippen molar-refractivity contribution < 1.29 is 0 Å². The topological polar surface area (TPSA) is 12.0 Å². The van der Waals surface area contributed by atoms with Crippen molar-refractivity contribution in [2.75, 3.05) is 6.54 Å². The largest absolute Gasteiger partial charge is 0.310 e. The molecule has 0 radical (unpaired) electrons. The van der Waals surface area contributed by atoms with Crippen LogP contribution in [0.5, 0.6) is 0 Å². The third-order valence-electron chi connectivity index (χ3n) is 3.58. The fourth-order valence-corrected chi connectivity index (χ4v) is 3.48. The van der Waals surface area contributed by atoms with Crippen LogP contribution in [-0.2, 0) is 6.42 Å². The van der Waals surface area contributed by atoms with Crippen LogP contribution < -0.4 is 5.32 Å². The van der Waals surface area contributed by atoms with Gasteiger partial charge in [0.05, 0.1) is 0 Å². The van der Waals surface area contributed by atoms with Gasteiger partial charge in [-0.2, -0.15) is 0 Å². The van der Waals surface area contributed by atoms with E-state index in [2.05, 4.69) is 93.5 Å². The Morgan fingerprint density at radius 3 is 2.43 bits per heavy atom. The Bertz CT molecular complexity index is 581. The molecule has 2 aromatic carbocycles. The van der Waals surface area contributed by atoms with E-state index in [9.17, 15) is 0 Å². The zero-order valence-electron chi connectivity index (χ0n) is 12.5. The maximum absolute atomic E-state index is 3.73. The van der Waals surface area contributed by atoms with Crippen molar-refractivity contribution >= 4 is 31.9 Å². The molecule has 0 bridgehead atoms. The standard InChI is InChI=1S/C18H21Br2N/c1-3-9-21-18(11-14-7-5-4-6-8-14)15-12-16(19)13(2)10-17(15)20/h4-8,10,12,18,21H,3,9,11H2,1-2H3. The Morgan fingerprint density at radius 2 is 1.76 bits per heavy atom. The first-order valence-electron chi connectivity index (χ1n) is 7.34. The lowest BCUT2D eigenvalue weighted by Crippen LogP contribution is -2.24. The van der Waals surface area contributed by atoms with Crippen LogP contribution in [0.4, 0.5) is 0 Å². The van der Waals surface area contributed by atoms with Crippen LogP contribution in [0.25, 0.3) is 0 Å². The number of hydrogen-bond acceptors (Lipinski definition) is 1. The van der Waals surface area contributed by atoms with Gasteiger partial charge in [-0.15, -0.1) is 0 Å². The molecule has 0 heterocycles. The van der Waals surface area contributed by atoms with Crippen molar-refractivity contribution in [2.45, 2.75) is 32.7 Å². The van der Waals surface area contributed by atoms with Crippen LogP contribution in [0.15, 0.2) is 51.4 Å². The van der Waals surface area contributed by atoms with Crippen LogP contribution in [-0.4, -0.2) is 6.54 Å². The van der Waals surface area contributed by atoms with Crippen LogP contribution in [0, 0.1) is 6.92 Å². The smallest absolute Gasteiger partial charge is 0.0372 e. The van der Waals surface area contributed by atoms with E-state index in [1.54, 1.807) is 0 Å². The van der Waals surface area contributed by atoms with Gasteiger partial charge in [-0.3, -0.25) is 0 Å². The fourth-order valence-electron chi connectivity index (χ4n) is 2.39. The summed E-state index contributed by atoms with van der Waals surface area (Å²) >= 11 is 7.38. The molecule has 0 aromatic heterocycles. The number of nitrogens with one attached hydrogen (secondary N) is 1. The van der Waals surface area contributed by atoms with E-state index < -0.39 is 0 Å². The monoisotopic (exact) mass is 409 g/mol. The molecule has 21 heavy (non-hydrogen) atoms. The minimum absolute atomic E-state index is 0.318. The minimum Gasteiger partial charge on any atom is -0.310 e. The lowest BCUT2D eigenvalue weighted by Gasteiger charge is -2.21. The van der Waals surface area contributed by atoms with Gasteiger partial charge < -0.3 is 5.32 Å². The summed E-state index contributed by atoms with van der Waals surface area (Å²) in [7, 11) is 0. The molecule has 0 fully saturated rings. The molecule has 2 aromatic rings.